The van der Waals surface area contributed by atoms with E-state index in [0.29, 0.717) is 11.3 Å². The van der Waals surface area contributed by atoms with E-state index in [4.69, 9.17) is 9.31 Å². The number of nitrogens with zero attached hydrogens (tertiary/aromatic N) is 2. The molecule has 0 bridgehead atoms. The van der Waals surface area contributed by atoms with Crippen LogP contribution in [-0.4, -0.2) is 40.7 Å². The number of rotatable bonds is 2. The highest BCUT2D eigenvalue weighted by atomic mass is 16.7. The van der Waals surface area contributed by atoms with Crippen molar-refractivity contribution in [3.63, 3.8) is 0 Å². The van der Waals surface area contributed by atoms with E-state index in [1.807, 2.05) is 46.0 Å². The molecule has 3 rings (SSSR count). The smallest absolute Gasteiger partial charge is 0.399 e. The van der Waals surface area contributed by atoms with Crippen LogP contribution in [0.4, 0.5) is 0 Å². The molecule has 3 heterocycles. The molecule has 2 aromatic heterocycles. The van der Waals surface area contributed by atoms with E-state index in [9.17, 15) is 4.79 Å². The molecule has 1 aliphatic heterocycles. The molecule has 1 amide bonds. The molecule has 1 saturated heterocycles. The van der Waals surface area contributed by atoms with Crippen LogP contribution in [0.15, 0.2) is 24.5 Å². The highest BCUT2D eigenvalue weighted by Crippen LogP contribution is 2.36. The van der Waals surface area contributed by atoms with E-state index in [-0.39, 0.29) is 5.91 Å². The van der Waals surface area contributed by atoms with E-state index in [1.165, 1.54) is 0 Å². The molecule has 0 aromatic carbocycles. The largest absolute Gasteiger partial charge is 0.496 e. The van der Waals surface area contributed by atoms with Crippen LogP contribution in [-0.2, 0) is 9.31 Å². The first kappa shape index (κ1) is 15.1. The number of aromatic nitrogens is 2. The molecule has 0 spiro atoms. The predicted molar refractivity (Wildman–Crippen MR) is 84.3 cm³/mol. The Labute approximate surface area is 130 Å². The van der Waals surface area contributed by atoms with Crippen molar-refractivity contribution in [2.75, 3.05) is 7.05 Å². The lowest BCUT2D eigenvalue weighted by molar-refractivity contribution is 0.00578. The van der Waals surface area contributed by atoms with E-state index in [0.717, 1.165) is 5.46 Å². The second-order valence-corrected chi connectivity index (χ2v) is 6.50. The van der Waals surface area contributed by atoms with Crippen LogP contribution in [0.3, 0.4) is 0 Å². The van der Waals surface area contributed by atoms with Gasteiger partial charge in [-0.05, 0) is 39.2 Å². The quantitative estimate of drug-likeness (QED) is 0.840. The Hall–Kier alpha value is -1.86. The fourth-order valence-corrected chi connectivity index (χ4v) is 2.41. The van der Waals surface area contributed by atoms with Crippen LogP contribution >= 0.6 is 0 Å². The number of amides is 1. The first-order valence-electron chi connectivity index (χ1n) is 7.30. The van der Waals surface area contributed by atoms with E-state index >= 15 is 0 Å². The maximum Gasteiger partial charge on any atom is 0.496 e. The maximum atomic E-state index is 11.9. The van der Waals surface area contributed by atoms with E-state index in [2.05, 4.69) is 10.3 Å². The summed E-state index contributed by atoms with van der Waals surface area (Å²) in [5, 5.41) is 2.61. The second-order valence-electron chi connectivity index (χ2n) is 6.50. The Kier molecular flexibility index (Phi) is 3.30. The van der Waals surface area contributed by atoms with Crippen molar-refractivity contribution < 1.29 is 14.1 Å². The molecule has 1 aliphatic rings. The zero-order chi connectivity index (χ0) is 16.1. The summed E-state index contributed by atoms with van der Waals surface area (Å²) in [6, 6.07) is 3.77. The molecule has 0 radical (unpaired) electrons. The molecule has 0 atom stereocenters. The lowest BCUT2D eigenvalue weighted by Crippen LogP contribution is -2.41. The molecule has 0 unspecified atom stereocenters. The third-order valence-electron chi connectivity index (χ3n) is 4.51. The second kappa shape index (κ2) is 4.82. The fourth-order valence-electron chi connectivity index (χ4n) is 2.41. The molecule has 0 aliphatic carbocycles. The van der Waals surface area contributed by atoms with Gasteiger partial charge in [-0.2, -0.15) is 0 Å². The monoisotopic (exact) mass is 301 g/mol. The Morgan fingerprint density at radius 3 is 2.45 bits per heavy atom. The number of carbonyl (C=O) groups excluding carboxylic acids is 1. The molecule has 6 nitrogen and oxygen atoms in total. The lowest BCUT2D eigenvalue weighted by atomic mass is 9.80. The Morgan fingerprint density at radius 1 is 1.23 bits per heavy atom. The summed E-state index contributed by atoms with van der Waals surface area (Å²) in [7, 11) is 1.13. The summed E-state index contributed by atoms with van der Waals surface area (Å²) in [4.78, 5) is 16.1. The van der Waals surface area contributed by atoms with Gasteiger partial charge in [0.05, 0.1) is 17.4 Å². The molecule has 2 aromatic rings. The van der Waals surface area contributed by atoms with Gasteiger partial charge in [-0.3, -0.25) is 9.20 Å². The molecule has 116 valence electrons. The van der Waals surface area contributed by atoms with E-state index in [1.54, 1.807) is 17.6 Å². The molecule has 7 heteroatoms. The number of pyridine rings is 1. The van der Waals surface area contributed by atoms with Crippen LogP contribution in [0.5, 0.6) is 0 Å². The number of hydrogen-bond acceptors (Lipinski definition) is 4. The number of carbonyl (C=O) groups is 1. The number of nitrogens with one attached hydrogen (secondary N) is 1. The van der Waals surface area contributed by atoms with Crippen LogP contribution in [0.2, 0.25) is 0 Å². The van der Waals surface area contributed by atoms with Gasteiger partial charge in [-0.25, -0.2) is 4.98 Å². The third-order valence-corrected chi connectivity index (χ3v) is 4.51. The molecule has 1 fully saturated rings. The number of hydrogen-bond donors (Lipinski definition) is 1. The fraction of sp³-hybridized carbons (Fsp3) is 0.467. The van der Waals surface area contributed by atoms with Crippen LogP contribution in [0.25, 0.3) is 5.65 Å². The lowest BCUT2D eigenvalue weighted by Gasteiger charge is -2.32. The molecular formula is C15H20BN3O3. The summed E-state index contributed by atoms with van der Waals surface area (Å²) in [5.41, 5.74) is 1.25. The Bertz CT molecular complexity index is 723. The summed E-state index contributed by atoms with van der Waals surface area (Å²) in [6.45, 7) is 8.05. The average Bonchev–Trinajstić information content (AvgIpc) is 2.96. The van der Waals surface area contributed by atoms with Crippen LogP contribution in [0.1, 0.15) is 38.2 Å². The highest BCUT2D eigenvalue weighted by Gasteiger charge is 2.51. The van der Waals surface area contributed by atoms with Crippen molar-refractivity contribution >= 4 is 24.1 Å². The normalized spacial score (nSPS) is 19.6. The van der Waals surface area contributed by atoms with Crippen molar-refractivity contribution in [2.24, 2.45) is 0 Å². The van der Waals surface area contributed by atoms with Crippen LogP contribution < -0.4 is 10.8 Å². The molecule has 1 N–H and O–H groups in total. The van der Waals surface area contributed by atoms with Gasteiger partial charge in [0.25, 0.3) is 5.91 Å². The molecule has 0 saturated carbocycles. The van der Waals surface area contributed by atoms with Gasteiger partial charge in [0.15, 0.2) is 0 Å². The summed E-state index contributed by atoms with van der Waals surface area (Å²) in [5.74, 6) is -0.182. The van der Waals surface area contributed by atoms with Gasteiger partial charge in [-0.15, -0.1) is 0 Å². The van der Waals surface area contributed by atoms with Gasteiger partial charge in [0.1, 0.15) is 11.3 Å². The first-order valence-corrected chi connectivity index (χ1v) is 7.30. The van der Waals surface area contributed by atoms with Crippen molar-refractivity contribution in [2.45, 2.75) is 38.9 Å². The van der Waals surface area contributed by atoms with Crippen molar-refractivity contribution in [3.8, 4) is 0 Å². The Balaban J connectivity index is 2.01. The van der Waals surface area contributed by atoms with Gasteiger partial charge in [0, 0.05) is 13.2 Å². The van der Waals surface area contributed by atoms with Crippen molar-refractivity contribution in [1.82, 2.24) is 14.7 Å². The summed E-state index contributed by atoms with van der Waals surface area (Å²) in [6.07, 6.45) is 3.40. The molecule has 22 heavy (non-hydrogen) atoms. The molecular weight excluding hydrogens is 281 g/mol. The van der Waals surface area contributed by atoms with Crippen molar-refractivity contribution in [3.05, 3.63) is 30.2 Å². The number of fused-ring (bicyclic) bond motifs is 1. The van der Waals surface area contributed by atoms with Gasteiger partial charge in [-0.1, -0.05) is 6.07 Å². The summed E-state index contributed by atoms with van der Waals surface area (Å²) < 4.78 is 13.8. The average molecular weight is 301 g/mol. The SMILES string of the molecule is CNC(=O)c1cnc2ccc(B3OC(C)(C)C(C)(C)O3)cn12. The van der Waals surface area contributed by atoms with Gasteiger partial charge >= 0.3 is 7.12 Å². The van der Waals surface area contributed by atoms with Crippen molar-refractivity contribution in [1.29, 1.82) is 0 Å². The zero-order valence-electron chi connectivity index (χ0n) is 13.5. The van der Waals surface area contributed by atoms with E-state index < -0.39 is 18.3 Å². The standard InChI is InChI=1S/C15H20BN3O3/c1-14(2)15(3,4)22-16(21-14)10-6-7-12-18-8-11(13(20)17-5)19(12)9-10/h6-9H,1-5H3,(H,17,20). The maximum absolute atomic E-state index is 11.9. The zero-order valence-corrected chi connectivity index (χ0v) is 13.5. The van der Waals surface area contributed by atoms with Gasteiger partial charge < -0.3 is 14.6 Å². The summed E-state index contributed by atoms with van der Waals surface area (Å²) >= 11 is 0. The minimum atomic E-state index is -0.464. The minimum Gasteiger partial charge on any atom is -0.399 e. The highest BCUT2D eigenvalue weighted by molar-refractivity contribution is 6.62. The van der Waals surface area contributed by atoms with Gasteiger partial charge in [0.2, 0.25) is 0 Å². The predicted octanol–water partition coefficient (Wildman–Crippen LogP) is 0.993. The first-order chi connectivity index (χ1) is 10.2. The van der Waals surface area contributed by atoms with Crippen LogP contribution in [0, 0.1) is 0 Å². The number of imidazole rings is 1. The Morgan fingerprint density at radius 2 is 1.86 bits per heavy atom. The topological polar surface area (TPSA) is 64.9 Å². The third kappa shape index (κ3) is 2.21. The minimum absolute atomic E-state index is 0.182.